The molecule has 43 heavy (non-hydrogen) atoms. The van der Waals surface area contributed by atoms with Crippen molar-refractivity contribution in [3.8, 4) is 0 Å². The van der Waals surface area contributed by atoms with Crippen LogP contribution in [-0.4, -0.2) is 35.7 Å². The summed E-state index contributed by atoms with van der Waals surface area (Å²) in [6.45, 7) is 11.5. The van der Waals surface area contributed by atoms with Crippen molar-refractivity contribution >= 4 is 13.0 Å². The van der Waals surface area contributed by atoms with Crippen LogP contribution in [0.15, 0.2) is 0 Å². The van der Waals surface area contributed by atoms with Gasteiger partial charge in [-0.05, 0) is 24.7 Å². The Morgan fingerprint density at radius 2 is 0.977 bits per heavy atom. The summed E-state index contributed by atoms with van der Waals surface area (Å²) in [7, 11) is -2.74. The molecule has 0 aliphatic heterocycles. The van der Waals surface area contributed by atoms with E-state index in [0.29, 0.717) is 43.5 Å². The maximum absolute atomic E-state index is 14.3. The van der Waals surface area contributed by atoms with E-state index in [-0.39, 0.29) is 5.91 Å². The first-order valence-electron chi connectivity index (χ1n) is 19.1. The van der Waals surface area contributed by atoms with Crippen molar-refractivity contribution in [2.24, 2.45) is 11.8 Å². The first-order valence-corrected chi connectivity index (χ1v) is 21.3. The number of aliphatic hydroxyl groups is 1. The maximum atomic E-state index is 14.3. The number of carbonyl (C=O) groups excluding carboxylic acids is 1. The third-order valence-electron chi connectivity index (χ3n) is 9.53. The number of hydrogen-bond acceptors (Lipinski definition) is 4. The minimum atomic E-state index is -2.74. The molecule has 258 valence electrons. The summed E-state index contributed by atoms with van der Waals surface area (Å²) in [4.78, 5) is 12.3. The second kappa shape index (κ2) is 30.3. The van der Waals surface area contributed by atoms with Crippen LogP contribution >= 0.6 is 7.14 Å². The third kappa shape index (κ3) is 24.5. The lowest BCUT2D eigenvalue weighted by Gasteiger charge is -2.31. The molecule has 0 aromatic heterocycles. The van der Waals surface area contributed by atoms with Gasteiger partial charge >= 0.3 is 0 Å². The first kappa shape index (κ1) is 42.6. The molecule has 0 spiro atoms. The maximum Gasteiger partial charge on any atom is 0.234 e. The van der Waals surface area contributed by atoms with Crippen molar-refractivity contribution in [2.45, 2.75) is 201 Å². The molecular weight excluding hydrogens is 551 g/mol. The van der Waals surface area contributed by atoms with E-state index in [2.05, 4.69) is 45.5 Å². The molecule has 0 fully saturated rings. The van der Waals surface area contributed by atoms with Crippen molar-refractivity contribution in [3.63, 3.8) is 0 Å². The molecule has 0 heterocycles. The van der Waals surface area contributed by atoms with E-state index in [0.717, 1.165) is 64.2 Å². The summed E-state index contributed by atoms with van der Waals surface area (Å²) < 4.78 is 14.3. The van der Waals surface area contributed by atoms with E-state index < -0.39 is 13.0 Å². The number of unbranched alkanes of at least 4 members (excludes halogenated alkanes) is 16. The van der Waals surface area contributed by atoms with Crippen LogP contribution in [-0.2, 0) is 9.36 Å². The van der Waals surface area contributed by atoms with Gasteiger partial charge in [0.05, 0.1) is 0 Å². The van der Waals surface area contributed by atoms with Gasteiger partial charge in [0.25, 0.3) is 0 Å². The van der Waals surface area contributed by atoms with Crippen LogP contribution in [0.25, 0.3) is 0 Å². The second-order valence-corrected chi connectivity index (χ2v) is 16.8. The van der Waals surface area contributed by atoms with E-state index in [9.17, 15) is 14.5 Å². The minimum absolute atomic E-state index is 0.0172. The largest absolute Gasteiger partial charge is 0.385 e. The number of carbonyl (C=O) groups is 1. The van der Waals surface area contributed by atoms with Gasteiger partial charge in [0.15, 0.2) is 0 Å². The van der Waals surface area contributed by atoms with Gasteiger partial charge in [-0.1, -0.05) is 176 Å². The predicted octanol–water partition coefficient (Wildman–Crippen LogP) is 11.4. The van der Waals surface area contributed by atoms with Crippen LogP contribution in [0.5, 0.6) is 0 Å². The molecule has 3 N–H and O–H groups in total. The average molecular weight is 629 g/mol. The summed E-state index contributed by atoms with van der Waals surface area (Å²) in [5.41, 5.74) is 5.82. The van der Waals surface area contributed by atoms with E-state index in [1.54, 1.807) is 0 Å². The van der Waals surface area contributed by atoms with Gasteiger partial charge in [-0.2, -0.15) is 0 Å². The molecule has 0 aromatic carbocycles. The lowest BCUT2D eigenvalue weighted by molar-refractivity contribution is -0.122. The Balaban J connectivity index is 4.18. The monoisotopic (exact) mass is 629 g/mol. The summed E-state index contributed by atoms with van der Waals surface area (Å²) in [5, 5.41) is 11.2. The Hall–Kier alpha value is -0.380. The van der Waals surface area contributed by atoms with Crippen LogP contribution in [0.4, 0.5) is 0 Å². The van der Waals surface area contributed by atoms with Crippen LogP contribution in [0.2, 0.25) is 0 Å². The predicted molar refractivity (Wildman–Crippen MR) is 190 cm³/mol. The molecule has 3 unspecified atom stereocenters. The normalized spacial score (nSPS) is 15.2. The third-order valence-corrected chi connectivity index (χ3v) is 13.1. The van der Waals surface area contributed by atoms with Crippen molar-refractivity contribution in [1.82, 2.24) is 10.9 Å². The molecule has 6 heteroatoms. The fourth-order valence-electron chi connectivity index (χ4n) is 6.34. The number of rotatable bonds is 33. The Morgan fingerprint density at radius 3 is 1.37 bits per heavy atom. The summed E-state index contributed by atoms with van der Waals surface area (Å²) in [6.07, 6.45) is 31.0. The van der Waals surface area contributed by atoms with Gasteiger partial charge in [-0.15, -0.1) is 0 Å². The van der Waals surface area contributed by atoms with Crippen LogP contribution in [0, 0.1) is 11.8 Å². The molecule has 0 aliphatic rings. The zero-order valence-electron chi connectivity index (χ0n) is 29.7. The number of hydrazine groups is 1. The Bertz CT molecular complexity index is 638. The number of amides is 1. The summed E-state index contributed by atoms with van der Waals surface area (Å²) in [6, 6.07) is 0. The Kier molecular flexibility index (Phi) is 30.0. The average Bonchev–Trinajstić information content (AvgIpc) is 3.01. The van der Waals surface area contributed by atoms with Gasteiger partial charge in [-0.25, -0.2) is 5.43 Å². The van der Waals surface area contributed by atoms with Crippen molar-refractivity contribution in [2.75, 3.05) is 18.9 Å². The second-order valence-electron chi connectivity index (χ2n) is 13.6. The molecule has 3 atom stereocenters. The molecule has 0 aromatic rings. The molecule has 0 aliphatic carbocycles. The molecule has 1 amide bonds. The number of nitrogens with one attached hydrogen (secondary N) is 2. The quantitative estimate of drug-likeness (QED) is 0.0384. The molecule has 0 radical (unpaired) electrons. The molecule has 0 rings (SSSR count). The molecule has 0 saturated carbocycles. The van der Waals surface area contributed by atoms with Crippen molar-refractivity contribution < 1.29 is 14.5 Å². The van der Waals surface area contributed by atoms with E-state index in [1.165, 1.54) is 83.5 Å². The van der Waals surface area contributed by atoms with Crippen molar-refractivity contribution in [1.29, 1.82) is 0 Å². The molecule has 0 bridgehead atoms. The summed E-state index contributed by atoms with van der Waals surface area (Å²) in [5.74, 6) is 0.0701. The summed E-state index contributed by atoms with van der Waals surface area (Å²) >= 11 is 0. The highest BCUT2D eigenvalue weighted by Crippen LogP contribution is 2.55. The standard InChI is InChI=1S/C37H77N2O3P/c1-6-11-14-15-16-17-18-19-20-21-22-23-24-25-26-29-36(40)39-38-31-30-37(41)43(42,32-34(9-4)27-12-7-2)33-35(10-5)28-13-8-3/h34-35,37-38,41H,6-33H2,1-5H3,(H,39,40). The van der Waals surface area contributed by atoms with Crippen LogP contribution in [0.1, 0.15) is 195 Å². The highest BCUT2D eigenvalue weighted by molar-refractivity contribution is 7.64. The highest BCUT2D eigenvalue weighted by Gasteiger charge is 2.35. The fraction of sp³-hybridized carbons (Fsp3) is 0.973. The van der Waals surface area contributed by atoms with Crippen LogP contribution in [0.3, 0.4) is 0 Å². The van der Waals surface area contributed by atoms with Gasteiger partial charge in [0.1, 0.15) is 13.0 Å². The van der Waals surface area contributed by atoms with E-state index in [4.69, 9.17) is 0 Å². The number of hydrogen-bond donors (Lipinski definition) is 3. The van der Waals surface area contributed by atoms with Gasteiger partial charge in [0, 0.05) is 25.3 Å². The highest BCUT2D eigenvalue weighted by atomic mass is 31.2. The van der Waals surface area contributed by atoms with Gasteiger partial charge < -0.3 is 9.67 Å². The van der Waals surface area contributed by atoms with Crippen molar-refractivity contribution in [3.05, 3.63) is 0 Å². The minimum Gasteiger partial charge on any atom is -0.385 e. The topological polar surface area (TPSA) is 78.4 Å². The Morgan fingerprint density at radius 1 is 0.581 bits per heavy atom. The lowest BCUT2D eigenvalue weighted by Crippen LogP contribution is -2.39. The number of aliphatic hydroxyl groups excluding tert-OH is 1. The van der Waals surface area contributed by atoms with Gasteiger partial charge in [0.2, 0.25) is 5.91 Å². The first-order chi connectivity index (χ1) is 20.9. The SMILES string of the molecule is CCCCCCCCCCCCCCCCCC(=O)NNCCC(O)P(=O)(CC(CC)CCCC)CC(CC)CCCC. The molecular formula is C37H77N2O3P. The smallest absolute Gasteiger partial charge is 0.234 e. The molecule has 5 nitrogen and oxygen atoms in total. The Labute approximate surface area is 269 Å². The molecule has 0 saturated heterocycles. The van der Waals surface area contributed by atoms with E-state index >= 15 is 0 Å². The van der Waals surface area contributed by atoms with E-state index in [1.807, 2.05) is 0 Å². The van der Waals surface area contributed by atoms with Gasteiger partial charge in [-0.3, -0.25) is 10.2 Å². The lowest BCUT2D eigenvalue weighted by atomic mass is 10.0. The zero-order chi connectivity index (χ0) is 32.0. The zero-order valence-corrected chi connectivity index (χ0v) is 30.6. The van der Waals surface area contributed by atoms with Crippen LogP contribution < -0.4 is 10.9 Å². The fourth-order valence-corrected chi connectivity index (χ4v) is 10.2.